The van der Waals surface area contributed by atoms with E-state index < -0.39 is 12.0 Å². The van der Waals surface area contributed by atoms with E-state index in [0.717, 1.165) is 22.9 Å². The second-order valence-electron chi connectivity index (χ2n) is 5.46. The zero-order valence-corrected chi connectivity index (χ0v) is 13.2. The molecule has 0 heterocycles. The Morgan fingerprint density at radius 2 is 1.87 bits per heavy atom. The third-order valence-corrected chi connectivity index (χ3v) is 3.68. The molecule has 2 aromatic rings. The minimum absolute atomic E-state index is 0.130. The molecule has 5 nitrogen and oxygen atoms in total. The first-order valence-corrected chi connectivity index (χ1v) is 7.85. The SMILES string of the molecule is CCCC(NCCC(=O)Nc1cccc2ccccc12)C(=O)O. The molecule has 0 aliphatic heterocycles. The molecule has 0 radical (unpaired) electrons. The summed E-state index contributed by atoms with van der Waals surface area (Å²) in [4.78, 5) is 23.1. The predicted molar refractivity (Wildman–Crippen MR) is 91.5 cm³/mol. The van der Waals surface area contributed by atoms with E-state index in [-0.39, 0.29) is 12.3 Å². The Bertz CT molecular complexity index is 680. The summed E-state index contributed by atoms with van der Waals surface area (Å²) < 4.78 is 0. The van der Waals surface area contributed by atoms with Crippen molar-refractivity contribution in [2.75, 3.05) is 11.9 Å². The van der Waals surface area contributed by atoms with Gasteiger partial charge in [-0.3, -0.25) is 9.59 Å². The quantitative estimate of drug-likeness (QED) is 0.700. The van der Waals surface area contributed by atoms with Crippen molar-refractivity contribution in [1.82, 2.24) is 5.32 Å². The van der Waals surface area contributed by atoms with Gasteiger partial charge in [-0.2, -0.15) is 0 Å². The summed E-state index contributed by atoms with van der Waals surface area (Å²) in [6.07, 6.45) is 1.57. The van der Waals surface area contributed by atoms with Crippen molar-refractivity contribution in [3.8, 4) is 0 Å². The van der Waals surface area contributed by atoms with Crippen molar-refractivity contribution in [2.45, 2.75) is 32.2 Å². The van der Waals surface area contributed by atoms with E-state index in [0.29, 0.717) is 13.0 Å². The average molecular weight is 314 g/mol. The Kier molecular flexibility index (Phi) is 6.11. The lowest BCUT2D eigenvalue weighted by atomic mass is 10.1. The Morgan fingerprint density at radius 3 is 2.61 bits per heavy atom. The standard InChI is InChI=1S/C18H22N2O3/c1-2-6-16(18(22)23)19-12-11-17(21)20-15-10-5-8-13-7-3-4-9-14(13)15/h3-5,7-10,16,19H,2,6,11-12H2,1H3,(H,20,21)(H,22,23). The van der Waals surface area contributed by atoms with Gasteiger partial charge in [-0.25, -0.2) is 0 Å². The number of benzene rings is 2. The van der Waals surface area contributed by atoms with E-state index in [1.165, 1.54) is 0 Å². The molecule has 1 amide bonds. The molecule has 0 saturated carbocycles. The highest BCUT2D eigenvalue weighted by Gasteiger charge is 2.15. The predicted octanol–water partition coefficient (Wildman–Crippen LogP) is 3.01. The number of rotatable bonds is 8. The van der Waals surface area contributed by atoms with Crippen LogP contribution in [0, 0.1) is 0 Å². The molecule has 3 N–H and O–H groups in total. The van der Waals surface area contributed by atoms with Gasteiger partial charge in [-0.15, -0.1) is 0 Å². The number of hydrogen-bond donors (Lipinski definition) is 3. The first-order valence-electron chi connectivity index (χ1n) is 7.85. The lowest BCUT2D eigenvalue weighted by molar-refractivity contribution is -0.139. The number of nitrogens with one attached hydrogen (secondary N) is 2. The number of carbonyl (C=O) groups is 2. The van der Waals surface area contributed by atoms with Gasteiger partial charge in [0, 0.05) is 24.0 Å². The van der Waals surface area contributed by atoms with E-state index in [4.69, 9.17) is 5.11 Å². The number of carbonyl (C=O) groups excluding carboxylic acids is 1. The van der Waals surface area contributed by atoms with E-state index >= 15 is 0 Å². The summed E-state index contributed by atoms with van der Waals surface area (Å²) in [5, 5.41) is 16.9. The molecular formula is C18H22N2O3. The molecule has 0 aromatic heterocycles. The smallest absolute Gasteiger partial charge is 0.320 e. The minimum Gasteiger partial charge on any atom is -0.480 e. The average Bonchev–Trinajstić information content (AvgIpc) is 2.54. The van der Waals surface area contributed by atoms with Crippen molar-refractivity contribution in [3.63, 3.8) is 0 Å². The van der Waals surface area contributed by atoms with Gasteiger partial charge >= 0.3 is 5.97 Å². The van der Waals surface area contributed by atoms with Crippen LogP contribution in [0.15, 0.2) is 42.5 Å². The fraction of sp³-hybridized carbons (Fsp3) is 0.333. The number of carboxylic acids is 1. The molecule has 0 bridgehead atoms. The Hall–Kier alpha value is -2.40. The number of hydrogen-bond acceptors (Lipinski definition) is 3. The number of fused-ring (bicyclic) bond motifs is 1. The minimum atomic E-state index is -0.874. The second kappa shape index (κ2) is 8.29. The number of carboxylic acid groups (broad SMARTS) is 1. The number of amides is 1. The van der Waals surface area contributed by atoms with Gasteiger partial charge in [0.1, 0.15) is 6.04 Å². The second-order valence-corrected chi connectivity index (χ2v) is 5.46. The fourth-order valence-electron chi connectivity index (χ4n) is 2.51. The van der Waals surface area contributed by atoms with Crippen LogP contribution in [0.2, 0.25) is 0 Å². The molecule has 0 aliphatic carbocycles. The summed E-state index contributed by atoms with van der Waals surface area (Å²) in [6.45, 7) is 2.28. The van der Waals surface area contributed by atoms with Crippen LogP contribution in [0.5, 0.6) is 0 Å². The van der Waals surface area contributed by atoms with Gasteiger partial charge in [0.25, 0.3) is 0 Å². The first kappa shape index (κ1) is 17.0. The molecule has 23 heavy (non-hydrogen) atoms. The van der Waals surface area contributed by atoms with Crippen LogP contribution < -0.4 is 10.6 Å². The van der Waals surface area contributed by atoms with Crippen LogP contribution in [-0.4, -0.2) is 29.6 Å². The zero-order valence-electron chi connectivity index (χ0n) is 13.2. The van der Waals surface area contributed by atoms with Crippen LogP contribution in [0.1, 0.15) is 26.2 Å². The molecular weight excluding hydrogens is 292 g/mol. The lowest BCUT2D eigenvalue weighted by Gasteiger charge is -2.13. The summed E-state index contributed by atoms with van der Waals surface area (Å²) in [5.41, 5.74) is 0.774. The summed E-state index contributed by atoms with van der Waals surface area (Å²) >= 11 is 0. The van der Waals surface area contributed by atoms with Gasteiger partial charge in [0.2, 0.25) is 5.91 Å². The molecule has 2 aromatic carbocycles. The van der Waals surface area contributed by atoms with Gasteiger partial charge in [-0.1, -0.05) is 49.7 Å². The largest absolute Gasteiger partial charge is 0.480 e. The Labute approximate surface area is 135 Å². The van der Waals surface area contributed by atoms with Crippen molar-refractivity contribution >= 4 is 28.3 Å². The number of aliphatic carboxylic acids is 1. The fourth-order valence-corrected chi connectivity index (χ4v) is 2.51. The topological polar surface area (TPSA) is 78.4 Å². The molecule has 5 heteroatoms. The summed E-state index contributed by atoms with van der Waals surface area (Å²) in [6, 6.07) is 13.0. The molecule has 1 atom stereocenters. The van der Waals surface area contributed by atoms with E-state index in [9.17, 15) is 9.59 Å². The van der Waals surface area contributed by atoms with Crippen LogP contribution in [0.4, 0.5) is 5.69 Å². The highest BCUT2D eigenvalue weighted by Crippen LogP contribution is 2.22. The van der Waals surface area contributed by atoms with Gasteiger partial charge in [0.05, 0.1) is 0 Å². The molecule has 0 saturated heterocycles. The molecule has 122 valence electrons. The first-order chi connectivity index (χ1) is 11.1. The van der Waals surface area contributed by atoms with Crippen LogP contribution in [0.25, 0.3) is 10.8 Å². The lowest BCUT2D eigenvalue weighted by Crippen LogP contribution is -2.38. The maximum absolute atomic E-state index is 12.1. The van der Waals surface area contributed by atoms with Crippen LogP contribution in [0.3, 0.4) is 0 Å². The molecule has 0 fully saturated rings. The molecule has 2 rings (SSSR count). The molecule has 0 aliphatic rings. The van der Waals surface area contributed by atoms with Gasteiger partial charge < -0.3 is 15.7 Å². The van der Waals surface area contributed by atoms with Crippen molar-refractivity contribution in [2.24, 2.45) is 0 Å². The normalized spacial score (nSPS) is 12.0. The zero-order chi connectivity index (χ0) is 16.7. The summed E-state index contributed by atoms with van der Waals surface area (Å²) in [5.74, 6) is -1.00. The van der Waals surface area contributed by atoms with Crippen LogP contribution in [-0.2, 0) is 9.59 Å². The third-order valence-electron chi connectivity index (χ3n) is 3.68. The molecule has 1 unspecified atom stereocenters. The summed E-state index contributed by atoms with van der Waals surface area (Å²) in [7, 11) is 0. The van der Waals surface area contributed by atoms with E-state index in [1.807, 2.05) is 49.4 Å². The van der Waals surface area contributed by atoms with E-state index in [2.05, 4.69) is 10.6 Å². The highest BCUT2D eigenvalue weighted by atomic mass is 16.4. The van der Waals surface area contributed by atoms with Crippen molar-refractivity contribution in [3.05, 3.63) is 42.5 Å². The van der Waals surface area contributed by atoms with Gasteiger partial charge in [-0.05, 0) is 17.9 Å². The Morgan fingerprint density at radius 1 is 1.13 bits per heavy atom. The van der Waals surface area contributed by atoms with Crippen LogP contribution >= 0.6 is 0 Å². The van der Waals surface area contributed by atoms with Gasteiger partial charge in [0.15, 0.2) is 0 Å². The van der Waals surface area contributed by atoms with Crippen molar-refractivity contribution in [1.29, 1.82) is 0 Å². The Balaban J connectivity index is 1.90. The van der Waals surface area contributed by atoms with E-state index in [1.54, 1.807) is 0 Å². The highest BCUT2D eigenvalue weighted by molar-refractivity contribution is 6.02. The maximum Gasteiger partial charge on any atom is 0.320 e. The maximum atomic E-state index is 12.1. The molecule has 0 spiro atoms. The van der Waals surface area contributed by atoms with Crippen molar-refractivity contribution < 1.29 is 14.7 Å². The monoisotopic (exact) mass is 314 g/mol. The third kappa shape index (κ3) is 4.79. The number of anilines is 1.